The third kappa shape index (κ3) is 4.68. The van der Waals surface area contributed by atoms with E-state index in [9.17, 15) is 5.26 Å². The van der Waals surface area contributed by atoms with Gasteiger partial charge >= 0.3 is 0 Å². The van der Waals surface area contributed by atoms with Gasteiger partial charge in [0.2, 0.25) is 0 Å². The first kappa shape index (κ1) is 36.1. The van der Waals surface area contributed by atoms with Crippen LogP contribution in [-0.2, 0) is 5.41 Å². The van der Waals surface area contributed by atoms with Crippen molar-refractivity contribution < 1.29 is 4.74 Å². The van der Waals surface area contributed by atoms with Crippen molar-refractivity contribution in [1.29, 1.82) is 5.26 Å². The minimum Gasteiger partial charge on any atom is -0.457 e. The number of nitrogens with zero attached hydrogens (tertiary/aromatic N) is 6. The van der Waals surface area contributed by atoms with Crippen molar-refractivity contribution >= 4 is 65.4 Å². The molecule has 0 atom stereocenters. The van der Waals surface area contributed by atoms with Gasteiger partial charge in [-0.15, -0.1) is 0 Å². The van der Waals surface area contributed by atoms with Crippen LogP contribution in [0.4, 0.5) is 0 Å². The first-order valence-corrected chi connectivity index (χ1v) is 22.5. The zero-order chi connectivity index (χ0) is 44.0. The maximum Gasteiger partial charge on any atom is 0.134 e. The zero-order valence-corrected chi connectivity index (χ0v) is 35.7. The minimum atomic E-state index is -0.756. The molecule has 0 saturated heterocycles. The summed E-state index contributed by atoms with van der Waals surface area (Å²) >= 11 is 0. The number of benzene rings is 8. The van der Waals surface area contributed by atoms with Gasteiger partial charge in [-0.3, -0.25) is 9.97 Å². The Morgan fingerprint density at radius 2 is 0.776 bits per heavy atom. The quantitative estimate of drug-likeness (QED) is 0.177. The van der Waals surface area contributed by atoms with Gasteiger partial charge in [-0.1, -0.05) is 97.1 Å². The van der Waals surface area contributed by atoms with Gasteiger partial charge in [0.1, 0.15) is 11.5 Å². The van der Waals surface area contributed by atoms with E-state index < -0.39 is 5.41 Å². The number of rotatable bonds is 3. The standard InChI is InChI=1S/C60H34N6O/c61-35-36-21-27-54-44(31-36)45-32-37(64-50-17-5-1-11-40(50)41-12-2-6-18-51(41)64)24-28-55(45)66(54)39-23-26-47-57(34-39)67-56-33-38(65-52-19-7-3-13-42(52)43-14-4-8-20-53(43)65)22-25-46(56)60(47)48-15-9-29-62-58(48)59-49(60)16-10-30-63-59/h1-34H. The first-order chi connectivity index (χ1) is 33.2. The van der Waals surface area contributed by atoms with Crippen molar-refractivity contribution in [3.05, 3.63) is 234 Å². The summed E-state index contributed by atoms with van der Waals surface area (Å²) in [4.78, 5) is 9.97. The Kier molecular flexibility index (Phi) is 7.10. The monoisotopic (exact) mass is 854 g/mol. The highest BCUT2D eigenvalue weighted by Crippen LogP contribution is 2.61. The van der Waals surface area contributed by atoms with Crippen LogP contribution in [0.3, 0.4) is 0 Å². The van der Waals surface area contributed by atoms with Gasteiger partial charge in [-0.2, -0.15) is 5.26 Å². The summed E-state index contributed by atoms with van der Waals surface area (Å²) in [5.41, 5.74) is 15.4. The number of hydrogen-bond acceptors (Lipinski definition) is 4. The number of hydrogen-bond donors (Lipinski definition) is 0. The highest BCUT2D eigenvalue weighted by Gasteiger charge is 2.52. The number of aromatic nitrogens is 5. The molecule has 2 aliphatic rings. The third-order valence-corrected chi connectivity index (χ3v) is 14.4. The summed E-state index contributed by atoms with van der Waals surface area (Å²) < 4.78 is 14.3. The lowest BCUT2D eigenvalue weighted by Gasteiger charge is -2.39. The average Bonchev–Trinajstić information content (AvgIpc) is 4.10. The number of nitriles is 1. The van der Waals surface area contributed by atoms with E-state index in [0.717, 1.165) is 106 Å². The Morgan fingerprint density at radius 1 is 0.373 bits per heavy atom. The fourth-order valence-corrected chi connectivity index (χ4v) is 11.8. The normalized spacial score (nSPS) is 13.3. The van der Waals surface area contributed by atoms with Crippen molar-refractivity contribution in [2.75, 3.05) is 0 Å². The smallest absolute Gasteiger partial charge is 0.134 e. The summed E-state index contributed by atoms with van der Waals surface area (Å²) in [6.07, 6.45) is 3.72. The van der Waals surface area contributed by atoms with E-state index in [1.165, 1.54) is 21.5 Å². The maximum absolute atomic E-state index is 10.2. The van der Waals surface area contributed by atoms with Crippen LogP contribution >= 0.6 is 0 Å². The second-order valence-electron chi connectivity index (χ2n) is 17.6. The average molecular weight is 855 g/mol. The maximum atomic E-state index is 10.2. The van der Waals surface area contributed by atoms with E-state index in [2.05, 4.69) is 190 Å². The topological polar surface area (TPSA) is 73.6 Å². The Bertz CT molecular complexity index is 4200. The molecule has 1 aliphatic carbocycles. The molecule has 5 aromatic heterocycles. The molecule has 67 heavy (non-hydrogen) atoms. The molecule has 0 N–H and O–H groups in total. The molecule has 8 aromatic carbocycles. The Hall–Kier alpha value is -9.25. The van der Waals surface area contributed by atoms with Gasteiger partial charge in [-0.05, 0) is 96.1 Å². The van der Waals surface area contributed by atoms with E-state index in [1.807, 2.05) is 36.7 Å². The molecule has 7 nitrogen and oxygen atoms in total. The molecule has 6 heterocycles. The van der Waals surface area contributed by atoms with Crippen LogP contribution in [-0.4, -0.2) is 23.7 Å². The molecule has 0 fully saturated rings. The van der Waals surface area contributed by atoms with Crippen LogP contribution < -0.4 is 4.74 Å². The van der Waals surface area contributed by atoms with Crippen molar-refractivity contribution in [1.82, 2.24) is 23.7 Å². The summed E-state index contributed by atoms with van der Waals surface area (Å²) in [5.74, 6) is 1.52. The Labute approximate surface area is 383 Å². The second-order valence-corrected chi connectivity index (χ2v) is 17.6. The molecule has 310 valence electrons. The number of pyridine rings is 2. The van der Waals surface area contributed by atoms with Crippen LogP contribution in [0.25, 0.3) is 93.9 Å². The molecule has 0 unspecified atom stereocenters. The van der Waals surface area contributed by atoms with Crippen molar-refractivity contribution in [2.45, 2.75) is 5.41 Å². The second kappa shape index (κ2) is 13.2. The molecule has 0 bridgehead atoms. The minimum absolute atomic E-state index is 0.612. The lowest BCUT2D eigenvalue weighted by Crippen LogP contribution is -2.32. The summed E-state index contributed by atoms with van der Waals surface area (Å²) in [6, 6.07) is 71.3. The van der Waals surface area contributed by atoms with Crippen LogP contribution in [0, 0.1) is 11.3 Å². The van der Waals surface area contributed by atoms with E-state index in [1.54, 1.807) is 0 Å². The molecule has 13 aromatic rings. The van der Waals surface area contributed by atoms with Gasteiger partial charge in [0.25, 0.3) is 0 Å². The van der Waals surface area contributed by atoms with Gasteiger partial charge in [0.15, 0.2) is 0 Å². The molecule has 15 rings (SSSR count). The molecular weight excluding hydrogens is 821 g/mol. The van der Waals surface area contributed by atoms with Crippen LogP contribution in [0.5, 0.6) is 11.5 Å². The summed E-state index contributed by atoms with van der Waals surface area (Å²) in [6.45, 7) is 0. The fraction of sp³-hybridized carbons (Fsp3) is 0.0167. The van der Waals surface area contributed by atoms with Crippen molar-refractivity contribution in [3.63, 3.8) is 0 Å². The van der Waals surface area contributed by atoms with Crippen LogP contribution in [0.2, 0.25) is 0 Å². The molecule has 1 aliphatic heterocycles. The predicted octanol–water partition coefficient (Wildman–Crippen LogP) is 14.1. The molecule has 7 heteroatoms. The van der Waals surface area contributed by atoms with E-state index in [0.29, 0.717) is 5.56 Å². The third-order valence-electron chi connectivity index (χ3n) is 14.4. The van der Waals surface area contributed by atoms with E-state index >= 15 is 0 Å². The van der Waals surface area contributed by atoms with Gasteiger partial charge < -0.3 is 18.4 Å². The largest absolute Gasteiger partial charge is 0.457 e. The van der Waals surface area contributed by atoms with E-state index in [4.69, 9.17) is 14.7 Å². The van der Waals surface area contributed by atoms with Crippen LogP contribution in [0.15, 0.2) is 207 Å². The Balaban J connectivity index is 0.979. The SMILES string of the molecule is N#Cc1ccc2c(c1)c1cc(-n3c4ccccc4c4ccccc43)ccc1n2-c1ccc2c(c1)Oc1cc(-n3c4ccccc4c4ccccc43)ccc1C21c2cccnc2-c2ncccc21. The molecule has 0 radical (unpaired) electrons. The van der Waals surface area contributed by atoms with Gasteiger partial charge in [0, 0.05) is 85.0 Å². The van der Waals surface area contributed by atoms with E-state index in [-0.39, 0.29) is 0 Å². The Morgan fingerprint density at radius 3 is 1.25 bits per heavy atom. The number of fused-ring (bicyclic) bond motifs is 18. The fourth-order valence-electron chi connectivity index (χ4n) is 11.8. The van der Waals surface area contributed by atoms with Gasteiger partial charge in [0.05, 0.1) is 61.5 Å². The molecule has 1 spiro atoms. The lowest BCUT2D eigenvalue weighted by molar-refractivity contribution is 0.436. The zero-order valence-electron chi connectivity index (χ0n) is 35.7. The molecular formula is C60H34N6O. The highest BCUT2D eigenvalue weighted by atomic mass is 16.5. The van der Waals surface area contributed by atoms with Crippen LogP contribution in [0.1, 0.15) is 27.8 Å². The molecule has 0 saturated carbocycles. The lowest BCUT2D eigenvalue weighted by atomic mass is 9.66. The predicted molar refractivity (Wildman–Crippen MR) is 267 cm³/mol. The number of ether oxygens (including phenoxy) is 1. The summed E-state index contributed by atoms with van der Waals surface area (Å²) in [7, 11) is 0. The first-order valence-electron chi connectivity index (χ1n) is 22.5. The highest BCUT2D eigenvalue weighted by molar-refractivity contribution is 6.13. The van der Waals surface area contributed by atoms with Gasteiger partial charge in [-0.25, -0.2) is 0 Å². The number of para-hydroxylation sites is 4. The summed E-state index contributed by atoms with van der Waals surface area (Å²) in [5, 5.41) is 17.1. The molecule has 0 amide bonds. The van der Waals surface area contributed by atoms with Crippen molar-refractivity contribution in [3.8, 4) is 46.0 Å². The van der Waals surface area contributed by atoms with Crippen molar-refractivity contribution in [2.24, 2.45) is 0 Å².